The van der Waals surface area contributed by atoms with E-state index in [0.29, 0.717) is 6.54 Å². The molecule has 2 N–H and O–H groups in total. The highest BCUT2D eigenvalue weighted by Crippen LogP contribution is 2.43. The van der Waals surface area contributed by atoms with Crippen LogP contribution in [0, 0.1) is 20.2 Å². The summed E-state index contributed by atoms with van der Waals surface area (Å²) >= 11 is 0. The molecule has 1 amide bonds. The lowest BCUT2D eigenvalue weighted by molar-refractivity contribution is -0.620. The molecule has 2 bridgehead atoms. The average Bonchev–Trinajstić information content (AvgIpc) is 2.54. The van der Waals surface area contributed by atoms with Crippen LogP contribution in [-0.4, -0.2) is 44.8 Å². The molecule has 0 saturated carbocycles. The molecule has 9 heteroatoms. The normalized spacial score (nSPS) is 28.9. The third-order valence-corrected chi connectivity index (χ3v) is 4.93. The number of piperidine rings is 1. The molecule has 2 atom stereocenters. The first kappa shape index (κ1) is 17.0. The Hall–Kier alpha value is -2.81. The van der Waals surface area contributed by atoms with Gasteiger partial charge in [0.25, 0.3) is 5.54 Å². The molecule has 1 aliphatic carbocycles. The van der Waals surface area contributed by atoms with Crippen molar-refractivity contribution in [2.24, 2.45) is 5.73 Å². The standard InChI is InChI=1S/C16H18N4O5/c17-14(21)13-6-15(19(22)23)9-16(7-13,20(24)25)11-18(10-15)8-12-4-2-1-3-5-12/h1-6H,7-11H2,(H2,17,21)/t15-,16+/m1/s1. The summed E-state index contributed by atoms with van der Waals surface area (Å²) in [5, 5.41) is 23.6. The van der Waals surface area contributed by atoms with Gasteiger partial charge in [-0.2, -0.15) is 0 Å². The molecular formula is C16H18N4O5. The number of nitrogens with zero attached hydrogens (tertiary/aromatic N) is 3. The lowest BCUT2D eigenvalue weighted by Gasteiger charge is -2.44. The van der Waals surface area contributed by atoms with Crippen LogP contribution in [0.1, 0.15) is 18.4 Å². The van der Waals surface area contributed by atoms with Crippen LogP contribution in [0.25, 0.3) is 0 Å². The SMILES string of the molecule is NC(=O)C1=C[C@]2([N+](=O)[O-])CN(Cc3ccccc3)C[C@]([N+](=O)[O-])(C1)C2. The molecule has 0 radical (unpaired) electrons. The Kier molecular flexibility index (Phi) is 4.03. The van der Waals surface area contributed by atoms with E-state index in [0.717, 1.165) is 5.56 Å². The van der Waals surface area contributed by atoms with Crippen molar-refractivity contribution >= 4 is 5.91 Å². The number of hydrogen-bond donors (Lipinski definition) is 1. The van der Waals surface area contributed by atoms with E-state index >= 15 is 0 Å². The summed E-state index contributed by atoms with van der Waals surface area (Å²) in [5.41, 5.74) is 2.91. The second kappa shape index (κ2) is 5.92. The lowest BCUT2D eigenvalue weighted by Crippen LogP contribution is -2.66. The van der Waals surface area contributed by atoms with E-state index in [1.54, 1.807) is 4.90 Å². The van der Waals surface area contributed by atoms with Crippen LogP contribution in [0.5, 0.6) is 0 Å². The number of hydrogen-bond acceptors (Lipinski definition) is 6. The number of carbonyl (C=O) groups excluding carboxylic acids is 1. The second-order valence-corrected chi connectivity index (χ2v) is 6.86. The molecule has 3 rings (SSSR count). The maximum atomic E-state index is 11.8. The molecule has 25 heavy (non-hydrogen) atoms. The van der Waals surface area contributed by atoms with E-state index in [4.69, 9.17) is 5.73 Å². The van der Waals surface area contributed by atoms with Crippen LogP contribution < -0.4 is 5.73 Å². The summed E-state index contributed by atoms with van der Waals surface area (Å²) in [4.78, 5) is 35.9. The first-order chi connectivity index (χ1) is 11.8. The van der Waals surface area contributed by atoms with Crippen molar-refractivity contribution in [3.8, 4) is 0 Å². The minimum atomic E-state index is -1.68. The predicted octanol–water partition coefficient (Wildman–Crippen LogP) is 0.739. The van der Waals surface area contributed by atoms with Crippen LogP contribution in [-0.2, 0) is 11.3 Å². The zero-order valence-electron chi connectivity index (χ0n) is 13.5. The van der Waals surface area contributed by atoms with Crippen molar-refractivity contribution in [2.75, 3.05) is 13.1 Å². The highest BCUT2D eigenvalue weighted by atomic mass is 16.6. The predicted molar refractivity (Wildman–Crippen MR) is 87.7 cm³/mol. The average molecular weight is 346 g/mol. The summed E-state index contributed by atoms with van der Waals surface area (Å²) in [6, 6.07) is 9.28. The number of nitrogens with two attached hydrogens (primary N) is 1. The molecule has 1 saturated heterocycles. The number of benzene rings is 1. The monoisotopic (exact) mass is 346 g/mol. The van der Waals surface area contributed by atoms with Crippen LogP contribution in [0.15, 0.2) is 42.0 Å². The molecule has 0 unspecified atom stereocenters. The molecule has 9 nitrogen and oxygen atoms in total. The summed E-state index contributed by atoms with van der Waals surface area (Å²) in [6.45, 7) is 0.405. The van der Waals surface area contributed by atoms with Gasteiger partial charge in [0.05, 0.1) is 25.9 Å². The second-order valence-electron chi connectivity index (χ2n) is 6.86. The fraction of sp³-hybridized carbons (Fsp3) is 0.438. The fourth-order valence-electron chi connectivity index (χ4n) is 3.96. The van der Waals surface area contributed by atoms with Gasteiger partial charge in [0.15, 0.2) is 0 Å². The van der Waals surface area contributed by atoms with Crippen molar-refractivity contribution in [3.05, 3.63) is 67.8 Å². The largest absolute Gasteiger partial charge is 0.366 e. The van der Waals surface area contributed by atoms with Crippen LogP contribution in [0.2, 0.25) is 0 Å². The Balaban J connectivity index is 2.02. The minimum Gasteiger partial charge on any atom is -0.366 e. The van der Waals surface area contributed by atoms with Gasteiger partial charge in [-0.3, -0.25) is 29.9 Å². The Morgan fingerprint density at radius 2 is 1.84 bits per heavy atom. The van der Waals surface area contributed by atoms with Crippen LogP contribution in [0.3, 0.4) is 0 Å². The topological polar surface area (TPSA) is 133 Å². The maximum absolute atomic E-state index is 11.8. The highest BCUT2D eigenvalue weighted by Gasteiger charge is 2.64. The van der Waals surface area contributed by atoms with Crippen molar-refractivity contribution in [1.29, 1.82) is 0 Å². The summed E-state index contributed by atoms with van der Waals surface area (Å²) in [7, 11) is 0. The minimum absolute atomic E-state index is 0.00125. The number of fused-ring (bicyclic) bond motifs is 2. The van der Waals surface area contributed by atoms with Gasteiger partial charge in [-0.1, -0.05) is 30.3 Å². The zero-order valence-corrected chi connectivity index (χ0v) is 13.5. The van der Waals surface area contributed by atoms with E-state index in [1.165, 1.54) is 6.08 Å². The van der Waals surface area contributed by atoms with Crippen molar-refractivity contribution in [2.45, 2.75) is 30.5 Å². The number of rotatable bonds is 5. The molecule has 132 valence electrons. The van der Waals surface area contributed by atoms with Gasteiger partial charge in [0.2, 0.25) is 11.4 Å². The molecular weight excluding hydrogens is 328 g/mol. The number of amides is 1. The van der Waals surface area contributed by atoms with Gasteiger partial charge >= 0.3 is 0 Å². The molecule has 1 aliphatic heterocycles. The highest BCUT2D eigenvalue weighted by molar-refractivity contribution is 5.92. The number of likely N-dealkylation sites (tertiary alicyclic amines) is 1. The van der Waals surface area contributed by atoms with Gasteiger partial charge in [-0.15, -0.1) is 0 Å². The third kappa shape index (κ3) is 2.98. The van der Waals surface area contributed by atoms with E-state index in [1.807, 2.05) is 30.3 Å². The summed E-state index contributed by atoms with van der Waals surface area (Å²) in [6.07, 6.45) is 0.812. The first-order valence-corrected chi connectivity index (χ1v) is 7.83. The molecule has 1 aromatic carbocycles. The molecule has 1 aromatic rings. The Morgan fingerprint density at radius 1 is 1.16 bits per heavy atom. The number of primary amides is 1. The van der Waals surface area contributed by atoms with E-state index in [2.05, 4.69) is 0 Å². The van der Waals surface area contributed by atoms with Gasteiger partial charge in [-0.25, -0.2) is 0 Å². The van der Waals surface area contributed by atoms with E-state index in [9.17, 15) is 25.0 Å². The first-order valence-electron chi connectivity index (χ1n) is 7.83. The maximum Gasteiger partial charge on any atom is 0.260 e. The quantitative estimate of drug-likeness (QED) is 0.617. The lowest BCUT2D eigenvalue weighted by atomic mass is 9.69. The van der Waals surface area contributed by atoms with Gasteiger partial charge in [0, 0.05) is 28.0 Å². The smallest absolute Gasteiger partial charge is 0.260 e. The molecule has 1 fully saturated rings. The molecule has 1 heterocycles. The third-order valence-electron chi connectivity index (χ3n) is 4.93. The number of nitro groups is 2. The Morgan fingerprint density at radius 3 is 2.40 bits per heavy atom. The van der Waals surface area contributed by atoms with Gasteiger partial charge in [-0.05, 0) is 5.56 Å². The van der Waals surface area contributed by atoms with Crippen LogP contribution in [0.4, 0.5) is 0 Å². The van der Waals surface area contributed by atoms with Gasteiger partial charge < -0.3 is 5.73 Å². The van der Waals surface area contributed by atoms with Crippen molar-refractivity contribution < 1.29 is 14.6 Å². The van der Waals surface area contributed by atoms with Crippen LogP contribution >= 0.6 is 0 Å². The molecule has 2 aliphatic rings. The fourth-order valence-corrected chi connectivity index (χ4v) is 3.96. The van der Waals surface area contributed by atoms with E-state index < -0.39 is 26.8 Å². The molecule has 0 spiro atoms. The Labute approximate surface area is 143 Å². The zero-order chi connectivity index (χ0) is 18.2. The van der Waals surface area contributed by atoms with Crippen molar-refractivity contribution in [3.63, 3.8) is 0 Å². The molecule has 0 aromatic heterocycles. The van der Waals surface area contributed by atoms with Crippen molar-refractivity contribution in [1.82, 2.24) is 4.90 Å². The number of carbonyl (C=O) groups is 1. The Bertz CT molecular complexity index is 765. The van der Waals surface area contributed by atoms with Gasteiger partial charge in [0.1, 0.15) is 0 Å². The van der Waals surface area contributed by atoms with E-state index in [-0.39, 0.29) is 31.5 Å². The summed E-state index contributed by atoms with van der Waals surface area (Å²) in [5.74, 6) is -0.839. The summed E-state index contributed by atoms with van der Waals surface area (Å²) < 4.78 is 0.